The molecule has 0 bridgehead atoms. The number of carbonyl (C=O) groups excluding carboxylic acids is 4. The van der Waals surface area contributed by atoms with Crippen molar-refractivity contribution in [3.63, 3.8) is 0 Å². The van der Waals surface area contributed by atoms with Gasteiger partial charge in [0.25, 0.3) is 0 Å². The number of hydrogen-bond acceptors (Lipinski definition) is 12. The summed E-state index contributed by atoms with van der Waals surface area (Å²) in [6.07, 6.45) is -0.316. The van der Waals surface area contributed by atoms with Crippen LogP contribution in [0.25, 0.3) is 0 Å². The molecule has 1 N–H and O–H groups in total. The first-order valence-electron chi connectivity index (χ1n) is 15.5. The Morgan fingerprint density at radius 2 is 0.911 bits per heavy atom. The molecule has 0 aromatic heterocycles. The minimum Gasteiger partial charge on any atom is -0.481 e. The SMILES string of the molecule is CC(C)(C)OC(=O)CN1CCN(CC(=O)OC(C)(C)C)CC(CCC(=O)O)(N(CC(=O)OC(C)(C)C)CC(=O)OC(C)(C)C)C1. The van der Waals surface area contributed by atoms with Gasteiger partial charge in [0.2, 0.25) is 0 Å². The van der Waals surface area contributed by atoms with E-state index in [-0.39, 0.29) is 52.1 Å². The lowest BCUT2D eigenvalue weighted by Crippen LogP contribution is -2.62. The van der Waals surface area contributed by atoms with Crippen molar-refractivity contribution in [1.82, 2.24) is 14.7 Å². The smallest absolute Gasteiger partial charge is 0.320 e. The van der Waals surface area contributed by atoms with Crippen LogP contribution in [-0.4, -0.2) is 130 Å². The van der Waals surface area contributed by atoms with Gasteiger partial charge >= 0.3 is 29.8 Å². The molecular weight excluding hydrogens is 586 g/mol. The van der Waals surface area contributed by atoms with Gasteiger partial charge in [0.05, 0.1) is 26.2 Å². The fourth-order valence-corrected chi connectivity index (χ4v) is 5.01. The van der Waals surface area contributed by atoms with Crippen molar-refractivity contribution in [2.45, 2.75) is 124 Å². The zero-order valence-electron chi connectivity index (χ0n) is 29.5. The van der Waals surface area contributed by atoms with E-state index in [0.29, 0.717) is 13.1 Å². The molecule has 0 aliphatic carbocycles. The van der Waals surface area contributed by atoms with E-state index < -0.39 is 57.8 Å². The van der Waals surface area contributed by atoms with Gasteiger partial charge in [-0.05, 0) is 89.5 Å². The van der Waals surface area contributed by atoms with Gasteiger partial charge < -0.3 is 24.1 Å². The predicted octanol–water partition coefficient (Wildman–Crippen LogP) is 2.88. The quantitative estimate of drug-likeness (QED) is 0.245. The molecular formula is C32H57N3O10. The molecule has 1 fully saturated rings. The summed E-state index contributed by atoms with van der Waals surface area (Å²) >= 11 is 0. The molecule has 0 amide bonds. The van der Waals surface area contributed by atoms with Gasteiger partial charge in [-0.3, -0.25) is 38.7 Å². The molecule has 13 nitrogen and oxygen atoms in total. The summed E-state index contributed by atoms with van der Waals surface area (Å²) in [4.78, 5) is 69.6. The van der Waals surface area contributed by atoms with Gasteiger partial charge in [0.15, 0.2) is 0 Å². The summed E-state index contributed by atoms with van der Waals surface area (Å²) in [5, 5.41) is 9.78. The Labute approximate surface area is 268 Å². The third-order valence-corrected chi connectivity index (χ3v) is 6.27. The minimum absolute atomic E-state index is 0.0104. The number of nitrogens with zero attached hydrogens (tertiary/aromatic N) is 3. The maximum absolute atomic E-state index is 13.3. The van der Waals surface area contributed by atoms with Crippen LogP contribution in [0.5, 0.6) is 0 Å². The second-order valence-corrected chi connectivity index (χ2v) is 15.7. The average Bonchev–Trinajstić information content (AvgIpc) is 2.91. The number of carboxylic acid groups (broad SMARTS) is 1. The molecule has 0 aromatic rings. The fraction of sp³-hybridized carbons (Fsp3) is 0.844. The summed E-state index contributed by atoms with van der Waals surface area (Å²) in [5.74, 6) is -3.29. The van der Waals surface area contributed by atoms with Gasteiger partial charge in [0, 0.05) is 38.1 Å². The zero-order valence-corrected chi connectivity index (χ0v) is 29.5. The van der Waals surface area contributed by atoms with E-state index in [4.69, 9.17) is 18.9 Å². The Kier molecular flexibility index (Phi) is 14.0. The third kappa shape index (κ3) is 17.5. The van der Waals surface area contributed by atoms with Crippen LogP contribution in [0.15, 0.2) is 0 Å². The van der Waals surface area contributed by atoms with Crippen molar-refractivity contribution in [3.8, 4) is 0 Å². The molecule has 0 saturated carbocycles. The first-order chi connectivity index (χ1) is 20.2. The molecule has 1 saturated heterocycles. The maximum atomic E-state index is 13.3. The summed E-state index contributed by atoms with van der Waals surface area (Å²) < 4.78 is 22.4. The topological polar surface area (TPSA) is 152 Å². The van der Waals surface area contributed by atoms with Crippen LogP contribution in [0.4, 0.5) is 0 Å². The molecule has 0 radical (unpaired) electrons. The van der Waals surface area contributed by atoms with E-state index in [1.807, 2.05) is 9.80 Å². The minimum atomic E-state index is -1.22. The summed E-state index contributed by atoms with van der Waals surface area (Å²) in [5.41, 5.74) is -4.32. The number of aliphatic carboxylic acids is 1. The highest BCUT2D eigenvalue weighted by atomic mass is 16.6. The second-order valence-electron chi connectivity index (χ2n) is 15.7. The Balaban J connectivity index is 3.72. The van der Waals surface area contributed by atoms with Crippen molar-refractivity contribution in [2.24, 2.45) is 0 Å². The zero-order chi connectivity index (χ0) is 35.0. The van der Waals surface area contributed by atoms with E-state index >= 15 is 0 Å². The van der Waals surface area contributed by atoms with Gasteiger partial charge in [-0.15, -0.1) is 0 Å². The summed E-state index contributed by atoms with van der Waals surface area (Å²) in [7, 11) is 0. The molecule has 260 valence electrons. The second kappa shape index (κ2) is 15.7. The van der Waals surface area contributed by atoms with E-state index in [2.05, 4.69) is 0 Å². The van der Waals surface area contributed by atoms with Crippen LogP contribution in [-0.2, 0) is 42.9 Å². The Morgan fingerprint density at radius 3 is 1.20 bits per heavy atom. The fourth-order valence-electron chi connectivity index (χ4n) is 5.01. The van der Waals surface area contributed by atoms with Crippen molar-refractivity contribution >= 4 is 29.8 Å². The average molecular weight is 644 g/mol. The van der Waals surface area contributed by atoms with E-state index in [1.54, 1.807) is 88.0 Å². The Hall–Kier alpha value is -2.77. The highest BCUT2D eigenvalue weighted by molar-refractivity contribution is 5.76. The van der Waals surface area contributed by atoms with Crippen molar-refractivity contribution in [2.75, 3.05) is 52.4 Å². The molecule has 0 aromatic carbocycles. The number of rotatable bonds is 12. The summed E-state index contributed by atoms with van der Waals surface area (Å²) in [6.45, 7) is 20.7. The van der Waals surface area contributed by atoms with Crippen LogP contribution >= 0.6 is 0 Å². The highest BCUT2D eigenvalue weighted by Crippen LogP contribution is 2.29. The number of ether oxygens (including phenoxy) is 4. The molecule has 13 heteroatoms. The van der Waals surface area contributed by atoms with Crippen LogP contribution in [0, 0.1) is 0 Å². The molecule has 0 atom stereocenters. The van der Waals surface area contributed by atoms with Crippen molar-refractivity contribution < 1.29 is 48.0 Å². The Bertz CT molecular complexity index is 977. The van der Waals surface area contributed by atoms with Gasteiger partial charge in [0.1, 0.15) is 22.4 Å². The van der Waals surface area contributed by atoms with Crippen molar-refractivity contribution in [1.29, 1.82) is 0 Å². The number of carbonyl (C=O) groups is 5. The molecule has 1 rings (SSSR count). The lowest BCUT2D eigenvalue weighted by Gasteiger charge is -2.46. The number of hydrogen-bond donors (Lipinski definition) is 1. The Morgan fingerprint density at radius 1 is 0.600 bits per heavy atom. The lowest BCUT2D eigenvalue weighted by molar-refractivity contribution is -0.166. The first kappa shape index (κ1) is 40.3. The maximum Gasteiger partial charge on any atom is 0.320 e. The van der Waals surface area contributed by atoms with Gasteiger partial charge in [-0.25, -0.2) is 0 Å². The van der Waals surface area contributed by atoms with E-state index in [9.17, 15) is 29.1 Å². The molecule has 0 unspecified atom stereocenters. The largest absolute Gasteiger partial charge is 0.481 e. The van der Waals surface area contributed by atoms with E-state index in [0.717, 1.165) is 0 Å². The van der Waals surface area contributed by atoms with Crippen LogP contribution in [0.2, 0.25) is 0 Å². The monoisotopic (exact) mass is 643 g/mol. The lowest BCUT2D eigenvalue weighted by atomic mass is 9.89. The normalized spacial score (nSPS) is 16.9. The molecule has 1 heterocycles. The number of esters is 4. The number of carboxylic acids is 1. The van der Waals surface area contributed by atoms with Crippen molar-refractivity contribution in [3.05, 3.63) is 0 Å². The van der Waals surface area contributed by atoms with Crippen LogP contribution < -0.4 is 0 Å². The van der Waals surface area contributed by atoms with Crippen LogP contribution in [0.1, 0.15) is 95.9 Å². The first-order valence-corrected chi connectivity index (χ1v) is 15.5. The summed E-state index contributed by atoms with van der Waals surface area (Å²) in [6, 6.07) is 0. The van der Waals surface area contributed by atoms with Gasteiger partial charge in [-0.2, -0.15) is 0 Å². The molecule has 1 aliphatic heterocycles. The van der Waals surface area contributed by atoms with Gasteiger partial charge in [-0.1, -0.05) is 0 Å². The molecule has 45 heavy (non-hydrogen) atoms. The van der Waals surface area contributed by atoms with E-state index in [1.165, 1.54) is 0 Å². The predicted molar refractivity (Wildman–Crippen MR) is 167 cm³/mol. The highest BCUT2D eigenvalue weighted by Gasteiger charge is 2.45. The third-order valence-electron chi connectivity index (χ3n) is 6.27. The molecule has 1 aliphatic rings. The molecule has 0 spiro atoms. The van der Waals surface area contributed by atoms with Crippen LogP contribution in [0.3, 0.4) is 0 Å². The standard InChI is InChI=1S/C32H57N3O10/c1-28(2,3)42-24(38)17-33-15-16-34(18-25(39)43-29(4,5)6)22-32(21-33,14-13-23(36)37)35(19-26(40)44-30(7,8)9)20-27(41)45-31(10,11)12/h13-22H2,1-12H3,(H,36,37).